The highest BCUT2D eigenvalue weighted by Gasteiger charge is 2.51. The minimum atomic E-state index is 0.181. The third-order valence-electron chi connectivity index (χ3n) is 6.25. The Bertz CT molecular complexity index is 582. The molecule has 1 saturated carbocycles. The summed E-state index contributed by atoms with van der Waals surface area (Å²) in [6, 6.07) is 6.67. The highest BCUT2D eigenvalue weighted by Crippen LogP contribution is 2.57. The van der Waals surface area contributed by atoms with Gasteiger partial charge in [0.25, 0.3) is 0 Å². The second-order valence-electron chi connectivity index (χ2n) is 8.40. The predicted octanol–water partition coefficient (Wildman–Crippen LogP) is 5.48. The lowest BCUT2D eigenvalue weighted by molar-refractivity contribution is 0.0368. The summed E-state index contributed by atoms with van der Waals surface area (Å²) in [6.07, 6.45) is 4.49. The third kappa shape index (κ3) is 2.17. The Labute approximate surface area is 129 Å². The molecular formula is C20H28O. The number of benzene rings is 1. The monoisotopic (exact) mass is 284 g/mol. The van der Waals surface area contributed by atoms with Crippen molar-refractivity contribution in [2.75, 3.05) is 0 Å². The van der Waals surface area contributed by atoms with Gasteiger partial charge in [0.15, 0.2) is 5.78 Å². The molecule has 0 spiro atoms. The third-order valence-corrected chi connectivity index (χ3v) is 6.25. The van der Waals surface area contributed by atoms with Crippen LogP contribution in [0.25, 0.3) is 0 Å². The van der Waals surface area contributed by atoms with Gasteiger partial charge in [0, 0.05) is 12.0 Å². The van der Waals surface area contributed by atoms with Crippen molar-refractivity contribution in [2.24, 2.45) is 11.3 Å². The number of Topliss-reactive ketones (excluding diaryl/α,β-unsaturated/α-hetero) is 1. The second kappa shape index (κ2) is 4.69. The van der Waals surface area contributed by atoms with Crippen molar-refractivity contribution in [3.05, 3.63) is 34.9 Å². The summed E-state index contributed by atoms with van der Waals surface area (Å²) in [7, 11) is 0. The molecule has 1 heteroatoms. The van der Waals surface area contributed by atoms with Gasteiger partial charge in [-0.05, 0) is 52.7 Å². The van der Waals surface area contributed by atoms with Crippen molar-refractivity contribution in [3.8, 4) is 0 Å². The SMILES string of the molecule is CC(C)c1ccc2c(c1)C(=O)C[C@@H]1C(C)(C)CCC[C@]21C. The molecule has 0 N–H and O–H groups in total. The minimum Gasteiger partial charge on any atom is -0.294 e. The average Bonchev–Trinajstić information content (AvgIpc) is 2.41. The maximum atomic E-state index is 12.7. The highest BCUT2D eigenvalue weighted by molar-refractivity contribution is 5.99. The maximum Gasteiger partial charge on any atom is 0.163 e. The molecule has 0 heterocycles. The van der Waals surface area contributed by atoms with E-state index in [1.807, 2.05) is 0 Å². The first-order valence-electron chi connectivity index (χ1n) is 8.43. The number of fused-ring (bicyclic) bond motifs is 3. The zero-order valence-electron chi connectivity index (χ0n) is 14.1. The first-order chi connectivity index (χ1) is 9.75. The van der Waals surface area contributed by atoms with Gasteiger partial charge >= 0.3 is 0 Å². The Morgan fingerprint density at radius 2 is 1.86 bits per heavy atom. The van der Waals surface area contributed by atoms with E-state index in [-0.39, 0.29) is 10.8 Å². The van der Waals surface area contributed by atoms with Crippen LogP contribution >= 0.6 is 0 Å². The van der Waals surface area contributed by atoms with Crippen molar-refractivity contribution in [1.29, 1.82) is 0 Å². The van der Waals surface area contributed by atoms with Gasteiger partial charge in [0.05, 0.1) is 0 Å². The summed E-state index contributed by atoms with van der Waals surface area (Å²) in [4.78, 5) is 12.7. The zero-order valence-corrected chi connectivity index (χ0v) is 14.1. The van der Waals surface area contributed by atoms with E-state index in [0.717, 1.165) is 12.0 Å². The minimum absolute atomic E-state index is 0.181. The summed E-state index contributed by atoms with van der Waals surface area (Å²) in [5.41, 5.74) is 4.08. The highest BCUT2D eigenvalue weighted by atomic mass is 16.1. The van der Waals surface area contributed by atoms with Gasteiger partial charge in [-0.2, -0.15) is 0 Å². The summed E-state index contributed by atoms with van der Waals surface area (Å²) < 4.78 is 0. The molecule has 0 amide bonds. The fourth-order valence-corrected chi connectivity index (χ4v) is 4.89. The first kappa shape index (κ1) is 14.8. The quantitative estimate of drug-likeness (QED) is 0.667. The molecule has 2 aliphatic rings. The van der Waals surface area contributed by atoms with E-state index in [1.165, 1.54) is 30.4 Å². The van der Waals surface area contributed by atoms with E-state index in [0.29, 0.717) is 17.6 Å². The van der Waals surface area contributed by atoms with Gasteiger partial charge in [-0.25, -0.2) is 0 Å². The number of ketones is 1. The largest absolute Gasteiger partial charge is 0.294 e. The molecular weight excluding hydrogens is 256 g/mol. The van der Waals surface area contributed by atoms with Gasteiger partial charge < -0.3 is 0 Å². The number of hydrogen-bond acceptors (Lipinski definition) is 1. The number of carbonyl (C=O) groups excluding carboxylic acids is 1. The van der Waals surface area contributed by atoms with Crippen LogP contribution in [-0.2, 0) is 5.41 Å². The number of carbonyl (C=O) groups is 1. The molecule has 2 aliphatic carbocycles. The van der Waals surface area contributed by atoms with Crippen molar-refractivity contribution in [3.63, 3.8) is 0 Å². The standard InChI is InChI=1S/C20H28O/c1-13(2)14-7-8-16-15(11-14)17(21)12-18-19(3,4)9-6-10-20(16,18)5/h7-8,11,13,18H,6,9-10,12H2,1-5H3/t18-,20-/m1/s1. The molecule has 21 heavy (non-hydrogen) atoms. The molecule has 1 aromatic carbocycles. The topological polar surface area (TPSA) is 17.1 Å². The number of hydrogen-bond donors (Lipinski definition) is 0. The summed E-state index contributed by atoms with van der Waals surface area (Å²) in [5, 5.41) is 0. The molecule has 114 valence electrons. The lowest BCUT2D eigenvalue weighted by Crippen LogP contribution is -2.49. The fourth-order valence-electron chi connectivity index (χ4n) is 4.89. The van der Waals surface area contributed by atoms with E-state index in [2.05, 4.69) is 52.8 Å². The molecule has 0 unspecified atom stereocenters. The summed E-state index contributed by atoms with van der Waals surface area (Å²) in [5.74, 6) is 1.34. The molecule has 0 saturated heterocycles. The smallest absolute Gasteiger partial charge is 0.163 e. The molecule has 1 fully saturated rings. The Morgan fingerprint density at radius 1 is 1.14 bits per heavy atom. The molecule has 0 aliphatic heterocycles. The zero-order chi connectivity index (χ0) is 15.4. The van der Waals surface area contributed by atoms with Crippen LogP contribution in [0.1, 0.15) is 87.7 Å². The van der Waals surface area contributed by atoms with E-state index in [9.17, 15) is 4.79 Å². The van der Waals surface area contributed by atoms with Gasteiger partial charge in [-0.3, -0.25) is 4.79 Å². The van der Waals surface area contributed by atoms with Crippen LogP contribution in [0, 0.1) is 11.3 Å². The van der Waals surface area contributed by atoms with Crippen LogP contribution in [0.5, 0.6) is 0 Å². The van der Waals surface area contributed by atoms with Crippen LogP contribution in [0.3, 0.4) is 0 Å². The second-order valence-corrected chi connectivity index (χ2v) is 8.40. The summed E-state index contributed by atoms with van der Waals surface area (Å²) >= 11 is 0. The predicted molar refractivity (Wildman–Crippen MR) is 88.0 cm³/mol. The molecule has 0 aromatic heterocycles. The normalized spacial score (nSPS) is 31.0. The molecule has 0 bridgehead atoms. The van der Waals surface area contributed by atoms with Crippen LogP contribution in [-0.4, -0.2) is 5.78 Å². The van der Waals surface area contributed by atoms with Crippen molar-refractivity contribution in [1.82, 2.24) is 0 Å². The lowest BCUT2D eigenvalue weighted by Gasteiger charge is -2.53. The Balaban J connectivity index is 2.15. The van der Waals surface area contributed by atoms with Crippen LogP contribution < -0.4 is 0 Å². The number of rotatable bonds is 1. The van der Waals surface area contributed by atoms with Crippen LogP contribution in [0.15, 0.2) is 18.2 Å². The lowest BCUT2D eigenvalue weighted by atomic mass is 9.50. The van der Waals surface area contributed by atoms with Gasteiger partial charge in [0.1, 0.15) is 0 Å². The summed E-state index contributed by atoms with van der Waals surface area (Å²) in [6.45, 7) is 11.5. The van der Waals surface area contributed by atoms with Crippen LogP contribution in [0.2, 0.25) is 0 Å². The van der Waals surface area contributed by atoms with Crippen molar-refractivity contribution < 1.29 is 4.79 Å². The Hall–Kier alpha value is -1.11. The fraction of sp³-hybridized carbons (Fsp3) is 0.650. The van der Waals surface area contributed by atoms with E-state index < -0.39 is 0 Å². The van der Waals surface area contributed by atoms with E-state index in [1.54, 1.807) is 0 Å². The van der Waals surface area contributed by atoms with Gasteiger partial charge in [-0.15, -0.1) is 0 Å². The molecule has 1 nitrogen and oxygen atoms in total. The van der Waals surface area contributed by atoms with Gasteiger partial charge in [0.2, 0.25) is 0 Å². The molecule has 1 aromatic rings. The van der Waals surface area contributed by atoms with Crippen LogP contribution in [0.4, 0.5) is 0 Å². The molecule has 0 radical (unpaired) electrons. The molecule has 2 atom stereocenters. The van der Waals surface area contributed by atoms with Crippen molar-refractivity contribution in [2.45, 2.75) is 71.6 Å². The average molecular weight is 284 g/mol. The molecule has 3 rings (SSSR count). The maximum absolute atomic E-state index is 12.7. The van der Waals surface area contributed by atoms with Gasteiger partial charge in [-0.1, -0.05) is 53.2 Å². The first-order valence-corrected chi connectivity index (χ1v) is 8.43. The van der Waals surface area contributed by atoms with E-state index in [4.69, 9.17) is 0 Å². The Morgan fingerprint density at radius 3 is 2.52 bits per heavy atom. The van der Waals surface area contributed by atoms with E-state index >= 15 is 0 Å². The Kier molecular flexibility index (Phi) is 3.31. The van der Waals surface area contributed by atoms with Crippen molar-refractivity contribution >= 4 is 5.78 Å².